The number of hydrogen-bond acceptors (Lipinski definition) is 2. The van der Waals surface area contributed by atoms with Gasteiger partial charge in [0.2, 0.25) is 5.92 Å². The van der Waals surface area contributed by atoms with Crippen molar-refractivity contribution in [3.63, 3.8) is 0 Å². The van der Waals surface area contributed by atoms with Crippen LogP contribution in [0.4, 0.5) is 14.5 Å². The molecule has 0 radical (unpaired) electrons. The maximum absolute atomic E-state index is 13.5. The molecule has 1 aliphatic carbocycles. The second kappa shape index (κ2) is 7.31. The molecule has 27 heavy (non-hydrogen) atoms. The molecular weight excluding hydrogens is 346 g/mol. The lowest BCUT2D eigenvalue weighted by atomic mass is 9.92. The van der Waals surface area contributed by atoms with Crippen LogP contribution in [0.15, 0.2) is 48.5 Å². The lowest BCUT2D eigenvalue weighted by Gasteiger charge is -2.29. The summed E-state index contributed by atoms with van der Waals surface area (Å²) >= 11 is 0. The van der Waals surface area contributed by atoms with Crippen molar-refractivity contribution in [2.24, 2.45) is 0 Å². The first-order valence-corrected chi connectivity index (χ1v) is 9.38. The van der Waals surface area contributed by atoms with Gasteiger partial charge in [-0.3, -0.25) is 0 Å². The standard InChI is InChI=1S/C22H24F2N2O/c1-27-14-15-11-17-13-19(16-5-3-2-4-6-16)26-21(17)20(12-15)25-18-7-9-22(23,24)10-8-18/h2-6,11-13,18,25-26H,7-10,14H2,1H3. The first kappa shape index (κ1) is 18.0. The number of alkyl halides is 2. The van der Waals surface area contributed by atoms with Crippen LogP contribution in [-0.2, 0) is 11.3 Å². The minimum Gasteiger partial charge on any atom is -0.381 e. The Kier molecular flexibility index (Phi) is 4.87. The molecule has 0 spiro atoms. The normalized spacial score (nSPS) is 17.3. The summed E-state index contributed by atoms with van der Waals surface area (Å²) < 4.78 is 32.3. The zero-order chi connectivity index (χ0) is 18.9. The Labute approximate surface area is 157 Å². The number of benzene rings is 2. The Morgan fingerprint density at radius 3 is 2.56 bits per heavy atom. The van der Waals surface area contributed by atoms with E-state index in [2.05, 4.69) is 40.6 Å². The third kappa shape index (κ3) is 3.98. The number of aromatic nitrogens is 1. The minimum absolute atomic E-state index is 0.0500. The van der Waals surface area contributed by atoms with Crippen LogP contribution >= 0.6 is 0 Å². The Morgan fingerprint density at radius 1 is 1.11 bits per heavy atom. The van der Waals surface area contributed by atoms with Crippen LogP contribution < -0.4 is 5.32 Å². The van der Waals surface area contributed by atoms with Gasteiger partial charge in [0.15, 0.2) is 0 Å². The van der Waals surface area contributed by atoms with E-state index in [4.69, 9.17) is 4.74 Å². The maximum Gasteiger partial charge on any atom is 0.248 e. The molecule has 0 atom stereocenters. The topological polar surface area (TPSA) is 37.0 Å². The van der Waals surface area contributed by atoms with E-state index < -0.39 is 5.92 Å². The number of fused-ring (bicyclic) bond motifs is 1. The average molecular weight is 370 g/mol. The molecule has 5 heteroatoms. The van der Waals surface area contributed by atoms with Gasteiger partial charge >= 0.3 is 0 Å². The summed E-state index contributed by atoms with van der Waals surface area (Å²) in [5, 5.41) is 4.59. The SMILES string of the molecule is COCc1cc(NC2CCC(F)(F)CC2)c2[nH]c(-c3ccccc3)cc2c1. The molecule has 0 amide bonds. The average Bonchev–Trinajstić information content (AvgIpc) is 3.09. The first-order chi connectivity index (χ1) is 13.0. The van der Waals surface area contributed by atoms with Crippen LogP contribution in [0.3, 0.4) is 0 Å². The van der Waals surface area contributed by atoms with E-state index in [1.165, 1.54) is 0 Å². The van der Waals surface area contributed by atoms with Crippen LogP contribution in [0.2, 0.25) is 0 Å². The number of nitrogens with one attached hydrogen (secondary N) is 2. The monoisotopic (exact) mass is 370 g/mol. The largest absolute Gasteiger partial charge is 0.381 e. The van der Waals surface area contributed by atoms with Gasteiger partial charge in [0.05, 0.1) is 17.8 Å². The molecule has 142 valence electrons. The number of rotatable bonds is 5. The predicted molar refractivity (Wildman–Crippen MR) is 105 cm³/mol. The van der Waals surface area contributed by atoms with Crippen molar-refractivity contribution in [1.29, 1.82) is 0 Å². The van der Waals surface area contributed by atoms with Gasteiger partial charge in [0.25, 0.3) is 0 Å². The van der Waals surface area contributed by atoms with Crippen molar-refractivity contribution in [2.45, 2.75) is 44.3 Å². The predicted octanol–water partition coefficient (Wildman–Crippen LogP) is 5.97. The summed E-state index contributed by atoms with van der Waals surface area (Å²) in [6.45, 7) is 0.513. The second-order valence-electron chi connectivity index (χ2n) is 7.36. The number of hydrogen-bond donors (Lipinski definition) is 2. The highest BCUT2D eigenvalue weighted by Gasteiger charge is 2.35. The quantitative estimate of drug-likeness (QED) is 0.580. The van der Waals surface area contributed by atoms with Crippen molar-refractivity contribution in [3.05, 3.63) is 54.1 Å². The van der Waals surface area contributed by atoms with Gasteiger partial charge in [-0.2, -0.15) is 0 Å². The number of halogens is 2. The van der Waals surface area contributed by atoms with Crippen LogP contribution in [0.5, 0.6) is 0 Å². The molecule has 0 unspecified atom stereocenters. The lowest BCUT2D eigenvalue weighted by Crippen LogP contribution is -2.32. The van der Waals surface area contributed by atoms with E-state index in [1.54, 1.807) is 7.11 Å². The van der Waals surface area contributed by atoms with Gasteiger partial charge in [-0.1, -0.05) is 30.3 Å². The van der Waals surface area contributed by atoms with Crippen molar-refractivity contribution >= 4 is 16.6 Å². The van der Waals surface area contributed by atoms with Crippen LogP contribution in [-0.4, -0.2) is 24.1 Å². The van der Waals surface area contributed by atoms with E-state index >= 15 is 0 Å². The zero-order valence-corrected chi connectivity index (χ0v) is 15.4. The van der Waals surface area contributed by atoms with Crippen molar-refractivity contribution in [3.8, 4) is 11.3 Å². The fraction of sp³-hybridized carbons (Fsp3) is 0.364. The Hall–Kier alpha value is -2.40. The van der Waals surface area contributed by atoms with Crippen molar-refractivity contribution in [1.82, 2.24) is 4.98 Å². The molecule has 4 rings (SSSR count). The fourth-order valence-corrected chi connectivity index (χ4v) is 3.85. The van der Waals surface area contributed by atoms with E-state index in [9.17, 15) is 8.78 Å². The molecule has 0 aliphatic heterocycles. The smallest absolute Gasteiger partial charge is 0.248 e. The molecule has 3 nitrogen and oxygen atoms in total. The van der Waals surface area contributed by atoms with Gasteiger partial charge in [-0.25, -0.2) is 8.78 Å². The van der Waals surface area contributed by atoms with Crippen molar-refractivity contribution < 1.29 is 13.5 Å². The van der Waals surface area contributed by atoms with Crippen molar-refractivity contribution in [2.75, 3.05) is 12.4 Å². The fourth-order valence-electron chi connectivity index (χ4n) is 3.85. The van der Waals surface area contributed by atoms with Crippen LogP contribution in [0.25, 0.3) is 22.2 Å². The Bertz CT molecular complexity index is 911. The number of anilines is 1. The number of methoxy groups -OCH3 is 1. The molecule has 1 heterocycles. The van der Waals surface area contributed by atoms with E-state index in [0.29, 0.717) is 19.4 Å². The number of H-pyrrole nitrogens is 1. The summed E-state index contributed by atoms with van der Waals surface area (Å²) in [5.74, 6) is -2.52. The molecule has 1 aromatic heterocycles. The maximum atomic E-state index is 13.5. The van der Waals surface area contributed by atoms with Gasteiger partial charge in [0.1, 0.15) is 0 Å². The van der Waals surface area contributed by atoms with Gasteiger partial charge in [-0.05, 0) is 42.2 Å². The highest BCUT2D eigenvalue weighted by atomic mass is 19.3. The van der Waals surface area contributed by atoms with Crippen LogP contribution in [0, 0.1) is 0 Å². The van der Waals surface area contributed by atoms with Gasteiger partial charge in [0, 0.05) is 37.1 Å². The third-order valence-corrected chi connectivity index (χ3v) is 5.26. The molecular formula is C22H24F2N2O. The highest BCUT2D eigenvalue weighted by molar-refractivity contribution is 5.95. The molecule has 2 aromatic carbocycles. The van der Waals surface area contributed by atoms with Gasteiger partial charge in [-0.15, -0.1) is 0 Å². The lowest BCUT2D eigenvalue weighted by molar-refractivity contribution is -0.0360. The second-order valence-corrected chi connectivity index (χ2v) is 7.36. The molecule has 3 aromatic rings. The van der Waals surface area contributed by atoms with E-state index in [0.717, 1.165) is 33.4 Å². The molecule has 1 fully saturated rings. The number of aromatic amines is 1. The first-order valence-electron chi connectivity index (χ1n) is 9.38. The van der Waals surface area contributed by atoms with Gasteiger partial charge < -0.3 is 15.0 Å². The Balaban J connectivity index is 1.68. The zero-order valence-electron chi connectivity index (χ0n) is 15.4. The van der Waals surface area contributed by atoms with E-state index in [1.807, 2.05) is 18.2 Å². The summed E-state index contributed by atoms with van der Waals surface area (Å²) in [4.78, 5) is 3.50. The molecule has 0 bridgehead atoms. The highest BCUT2D eigenvalue weighted by Crippen LogP contribution is 2.36. The Morgan fingerprint density at radius 2 is 1.85 bits per heavy atom. The van der Waals surface area contributed by atoms with Crippen LogP contribution in [0.1, 0.15) is 31.2 Å². The molecule has 1 saturated carbocycles. The van der Waals surface area contributed by atoms with E-state index in [-0.39, 0.29) is 18.9 Å². The number of ether oxygens (including phenoxy) is 1. The molecule has 1 aliphatic rings. The molecule has 0 saturated heterocycles. The summed E-state index contributed by atoms with van der Waals surface area (Å²) in [5.41, 5.74) is 5.18. The summed E-state index contributed by atoms with van der Waals surface area (Å²) in [6, 6.07) is 16.5. The third-order valence-electron chi connectivity index (χ3n) is 5.26. The minimum atomic E-state index is -2.52. The summed E-state index contributed by atoms with van der Waals surface area (Å²) in [7, 11) is 1.67. The summed E-state index contributed by atoms with van der Waals surface area (Å²) in [6.07, 6.45) is 0.863. The molecule has 2 N–H and O–H groups in total.